The first-order valence-electron chi connectivity index (χ1n) is 4.11. The van der Waals surface area contributed by atoms with Gasteiger partial charge in [0.25, 0.3) is 6.43 Å². The number of carbonyl (C=O) groups excluding carboxylic acids is 1. The minimum atomic E-state index is -2.51. The number of aryl methyl sites for hydroxylation is 1. The molecule has 76 valence electrons. The Hall–Kier alpha value is -1.52. The fourth-order valence-electron chi connectivity index (χ4n) is 1.02. The molecule has 0 radical (unpaired) electrons. The summed E-state index contributed by atoms with van der Waals surface area (Å²) < 4.78 is 24.5. The lowest BCUT2D eigenvalue weighted by atomic mass is 10.1. The first kappa shape index (κ1) is 10.6. The number of hydrogen-bond acceptors (Lipinski definition) is 2. The largest absolute Gasteiger partial charge is 0.370 e. The number of aromatic nitrogens is 1. The van der Waals surface area contributed by atoms with E-state index in [1.165, 1.54) is 18.3 Å². The number of carbonyl (C=O) groups is 1. The van der Waals surface area contributed by atoms with Crippen LogP contribution in [0.1, 0.15) is 24.1 Å². The standard InChI is InChI=1S/C9H10F2N2O/c10-9(11)6-3-4-13-7(5-6)1-2-8(12)14/h3-5,9H,1-2H2,(H2,12,14). The highest BCUT2D eigenvalue weighted by atomic mass is 19.3. The van der Waals surface area contributed by atoms with Crippen molar-refractivity contribution in [2.45, 2.75) is 19.3 Å². The van der Waals surface area contributed by atoms with Crippen molar-refractivity contribution in [3.63, 3.8) is 0 Å². The zero-order valence-corrected chi connectivity index (χ0v) is 7.41. The van der Waals surface area contributed by atoms with Crippen LogP contribution in [0, 0.1) is 0 Å². The number of pyridine rings is 1. The van der Waals surface area contributed by atoms with Crippen molar-refractivity contribution < 1.29 is 13.6 Å². The van der Waals surface area contributed by atoms with Gasteiger partial charge in [-0.15, -0.1) is 0 Å². The fraction of sp³-hybridized carbons (Fsp3) is 0.333. The molecule has 0 aliphatic rings. The monoisotopic (exact) mass is 200 g/mol. The van der Waals surface area contributed by atoms with Gasteiger partial charge in [0.15, 0.2) is 0 Å². The Labute approximate surface area is 79.9 Å². The van der Waals surface area contributed by atoms with Crippen molar-refractivity contribution >= 4 is 5.91 Å². The van der Waals surface area contributed by atoms with E-state index in [1.807, 2.05) is 0 Å². The van der Waals surface area contributed by atoms with Crippen LogP contribution in [0.15, 0.2) is 18.3 Å². The van der Waals surface area contributed by atoms with Gasteiger partial charge >= 0.3 is 0 Å². The Morgan fingerprint density at radius 3 is 2.86 bits per heavy atom. The number of rotatable bonds is 4. The van der Waals surface area contributed by atoms with Crippen LogP contribution in [0.25, 0.3) is 0 Å². The van der Waals surface area contributed by atoms with Crippen LogP contribution in [0.4, 0.5) is 8.78 Å². The molecule has 0 saturated heterocycles. The SMILES string of the molecule is NC(=O)CCc1cc(C(F)F)ccn1. The second-order valence-corrected chi connectivity index (χ2v) is 2.85. The summed E-state index contributed by atoms with van der Waals surface area (Å²) in [5, 5.41) is 0. The van der Waals surface area contributed by atoms with E-state index < -0.39 is 12.3 Å². The molecule has 3 nitrogen and oxygen atoms in total. The van der Waals surface area contributed by atoms with E-state index in [0.29, 0.717) is 12.1 Å². The van der Waals surface area contributed by atoms with Gasteiger partial charge in [-0.25, -0.2) is 8.78 Å². The zero-order valence-electron chi connectivity index (χ0n) is 7.41. The van der Waals surface area contributed by atoms with Gasteiger partial charge in [0.1, 0.15) is 0 Å². The maximum atomic E-state index is 12.2. The van der Waals surface area contributed by atoms with E-state index in [4.69, 9.17) is 5.73 Å². The number of primary amides is 1. The van der Waals surface area contributed by atoms with Crippen molar-refractivity contribution in [1.82, 2.24) is 4.98 Å². The van der Waals surface area contributed by atoms with Gasteiger partial charge in [-0.05, 0) is 18.6 Å². The summed E-state index contributed by atoms with van der Waals surface area (Å²) in [4.78, 5) is 14.3. The molecule has 1 amide bonds. The lowest BCUT2D eigenvalue weighted by Crippen LogP contribution is -2.11. The molecule has 0 spiro atoms. The fourth-order valence-corrected chi connectivity index (χ4v) is 1.02. The molecule has 0 fully saturated rings. The normalized spacial score (nSPS) is 10.5. The number of alkyl halides is 2. The van der Waals surface area contributed by atoms with Crippen molar-refractivity contribution in [1.29, 1.82) is 0 Å². The van der Waals surface area contributed by atoms with Crippen LogP contribution in [0.2, 0.25) is 0 Å². The predicted octanol–water partition coefficient (Wildman–Crippen LogP) is 1.44. The summed E-state index contributed by atoms with van der Waals surface area (Å²) in [6.45, 7) is 0. The summed E-state index contributed by atoms with van der Waals surface area (Å²) in [5.41, 5.74) is 5.30. The van der Waals surface area contributed by atoms with Crippen LogP contribution in [0.3, 0.4) is 0 Å². The van der Waals surface area contributed by atoms with Gasteiger partial charge in [0.05, 0.1) is 0 Å². The second-order valence-electron chi connectivity index (χ2n) is 2.85. The average Bonchev–Trinajstić information content (AvgIpc) is 2.15. The number of hydrogen-bond donors (Lipinski definition) is 1. The van der Waals surface area contributed by atoms with E-state index >= 15 is 0 Å². The minimum Gasteiger partial charge on any atom is -0.370 e. The van der Waals surface area contributed by atoms with Crippen LogP contribution in [0.5, 0.6) is 0 Å². The molecule has 1 aromatic heterocycles. The van der Waals surface area contributed by atoms with Crippen LogP contribution < -0.4 is 5.73 Å². The van der Waals surface area contributed by atoms with E-state index in [1.54, 1.807) is 0 Å². The Bertz CT molecular complexity index is 328. The molecule has 1 aromatic rings. The Morgan fingerprint density at radius 2 is 2.29 bits per heavy atom. The molecule has 5 heteroatoms. The molecule has 0 aromatic carbocycles. The molecule has 1 heterocycles. The van der Waals surface area contributed by atoms with Crippen LogP contribution in [-0.4, -0.2) is 10.9 Å². The van der Waals surface area contributed by atoms with Gasteiger partial charge in [-0.3, -0.25) is 9.78 Å². The highest BCUT2D eigenvalue weighted by molar-refractivity contribution is 5.73. The second kappa shape index (κ2) is 4.64. The van der Waals surface area contributed by atoms with Gasteiger partial charge in [-0.2, -0.15) is 0 Å². The molecule has 0 atom stereocenters. The molecular formula is C9H10F2N2O. The molecule has 0 saturated carbocycles. The van der Waals surface area contributed by atoms with Crippen LogP contribution in [-0.2, 0) is 11.2 Å². The number of halogens is 2. The third-order valence-corrected chi connectivity index (χ3v) is 1.72. The molecule has 14 heavy (non-hydrogen) atoms. The number of nitrogens with two attached hydrogens (primary N) is 1. The van der Waals surface area contributed by atoms with Gasteiger partial charge < -0.3 is 5.73 Å². The Kier molecular flexibility index (Phi) is 3.50. The molecule has 2 N–H and O–H groups in total. The maximum absolute atomic E-state index is 12.2. The maximum Gasteiger partial charge on any atom is 0.263 e. The first-order valence-corrected chi connectivity index (χ1v) is 4.11. The highest BCUT2D eigenvalue weighted by Gasteiger charge is 2.07. The van der Waals surface area contributed by atoms with Crippen LogP contribution >= 0.6 is 0 Å². The summed E-state index contributed by atoms with van der Waals surface area (Å²) in [6.07, 6.45) is -0.779. The summed E-state index contributed by atoms with van der Waals surface area (Å²) >= 11 is 0. The topological polar surface area (TPSA) is 56.0 Å². The molecule has 1 rings (SSSR count). The van der Waals surface area contributed by atoms with Crippen molar-refractivity contribution in [2.24, 2.45) is 5.73 Å². The van der Waals surface area contributed by atoms with Gasteiger partial charge in [0.2, 0.25) is 5.91 Å². The lowest BCUT2D eigenvalue weighted by molar-refractivity contribution is -0.118. The molecular weight excluding hydrogens is 190 g/mol. The molecule has 0 aliphatic heterocycles. The summed E-state index contributed by atoms with van der Waals surface area (Å²) in [7, 11) is 0. The van der Waals surface area contributed by atoms with E-state index in [2.05, 4.69) is 4.98 Å². The predicted molar refractivity (Wildman–Crippen MR) is 46.7 cm³/mol. The third-order valence-electron chi connectivity index (χ3n) is 1.72. The van der Waals surface area contributed by atoms with Gasteiger partial charge in [-0.1, -0.05) is 0 Å². The van der Waals surface area contributed by atoms with Gasteiger partial charge in [0, 0.05) is 23.9 Å². The van der Waals surface area contributed by atoms with E-state index in [9.17, 15) is 13.6 Å². The number of nitrogens with zero attached hydrogens (tertiary/aromatic N) is 1. The molecule has 0 unspecified atom stereocenters. The average molecular weight is 200 g/mol. The lowest BCUT2D eigenvalue weighted by Gasteiger charge is -2.02. The minimum absolute atomic E-state index is 0.0838. The summed E-state index contributed by atoms with van der Waals surface area (Å²) in [5.74, 6) is -0.464. The summed E-state index contributed by atoms with van der Waals surface area (Å²) in [6, 6.07) is 2.53. The Balaban J connectivity index is 2.68. The molecule has 0 aliphatic carbocycles. The number of amides is 1. The molecule has 0 bridgehead atoms. The third kappa shape index (κ3) is 3.08. The zero-order chi connectivity index (χ0) is 10.6. The van der Waals surface area contributed by atoms with Crippen molar-refractivity contribution in [2.75, 3.05) is 0 Å². The quantitative estimate of drug-likeness (QED) is 0.799. The first-order chi connectivity index (χ1) is 6.59. The van der Waals surface area contributed by atoms with E-state index in [-0.39, 0.29) is 12.0 Å². The van der Waals surface area contributed by atoms with E-state index in [0.717, 1.165) is 0 Å². The highest BCUT2D eigenvalue weighted by Crippen LogP contribution is 2.18. The Morgan fingerprint density at radius 1 is 1.57 bits per heavy atom. The van der Waals surface area contributed by atoms with Crippen molar-refractivity contribution in [3.8, 4) is 0 Å². The smallest absolute Gasteiger partial charge is 0.263 e. The van der Waals surface area contributed by atoms with Crippen molar-refractivity contribution in [3.05, 3.63) is 29.6 Å².